The third-order valence-corrected chi connectivity index (χ3v) is 6.11. The fourth-order valence-electron chi connectivity index (χ4n) is 4.13. The highest BCUT2D eigenvalue weighted by Gasteiger charge is 2.25. The molecule has 2 heterocycles. The van der Waals surface area contributed by atoms with Gasteiger partial charge in [0.15, 0.2) is 0 Å². The van der Waals surface area contributed by atoms with Crippen LogP contribution >= 0.6 is 0 Å². The minimum absolute atomic E-state index is 0.0988. The molecule has 1 saturated carbocycles. The predicted molar refractivity (Wildman–Crippen MR) is 114 cm³/mol. The summed E-state index contributed by atoms with van der Waals surface area (Å²) in [5.74, 6) is 0.412. The normalized spacial score (nSPS) is 16.2. The van der Waals surface area contributed by atoms with E-state index in [0.29, 0.717) is 6.54 Å². The Morgan fingerprint density at radius 3 is 2.45 bits per heavy atom. The lowest BCUT2D eigenvalue weighted by atomic mass is 9.88. The number of rotatable bonds is 6. The maximum Gasteiger partial charge on any atom is 0.266 e. The van der Waals surface area contributed by atoms with Crippen molar-refractivity contribution in [3.63, 3.8) is 0 Å². The maximum atomic E-state index is 12.7. The first-order chi connectivity index (χ1) is 13.8. The molecule has 1 N–H and O–H groups in total. The van der Waals surface area contributed by atoms with E-state index in [2.05, 4.69) is 29.4 Å². The molecule has 3 rings (SSSR count). The zero-order valence-corrected chi connectivity index (χ0v) is 18.2. The summed E-state index contributed by atoms with van der Waals surface area (Å²) in [4.78, 5) is 25.2. The fourth-order valence-corrected chi connectivity index (χ4v) is 4.13. The average Bonchev–Trinajstić information content (AvgIpc) is 2.95. The van der Waals surface area contributed by atoms with Gasteiger partial charge in [-0.2, -0.15) is 10.2 Å². The molecule has 7 heteroatoms. The lowest BCUT2D eigenvalue weighted by Crippen LogP contribution is -2.46. The minimum atomic E-state index is -0.162. The average molecular weight is 400 g/mol. The number of hydrogen-bond acceptors (Lipinski definition) is 4. The number of aryl methyl sites for hydroxylation is 2. The zero-order valence-electron chi connectivity index (χ0n) is 18.2. The molecule has 158 valence electrons. The number of carbonyl (C=O) groups excluding carboxylic acids is 1. The van der Waals surface area contributed by atoms with Crippen molar-refractivity contribution in [2.24, 2.45) is 18.9 Å². The van der Waals surface area contributed by atoms with Crippen molar-refractivity contribution in [2.75, 3.05) is 0 Å². The van der Waals surface area contributed by atoms with Gasteiger partial charge in [0.25, 0.3) is 5.56 Å². The number of nitrogens with one attached hydrogen (secondary N) is 1. The fraction of sp³-hybridized carbons (Fsp3) is 0.636. The molecule has 0 bridgehead atoms. The maximum absolute atomic E-state index is 12.7. The van der Waals surface area contributed by atoms with Gasteiger partial charge in [-0.25, -0.2) is 4.68 Å². The first-order valence-electron chi connectivity index (χ1n) is 10.7. The summed E-state index contributed by atoms with van der Waals surface area (Å²) >= 11 is 0. The van der Waals surface area contributed by atoms with Crippen LogP contribution in [-0.4, -0.2) is 31.5 Å². The molecule has 1 aliphatic carbocycles. The summed E-state index contributed by atoms with van der Waals surface area (Å²) in [6, 6.07) is 3.16. The third-order valence-electron chi connectivity index (χ3n) is 6.11. The van der Waals surface area contributed by atoms with E-state index < -0.39 is 0 Å². The van der Waals surface area contributed by atoms with Crippen molar-refractivity contribution in [3.05, 3.63) is 33.9 Å². The van der Waals surface area contributed by atoms with E-state index >= 15 is 0 Å². The molecule has 2 aromatic rings. The number of hydrogen-bond donors (Lipinski definition) is 1. The zero-order chi connectivity index (χ0) is 21.1. The van der Waals surface area contributed by atoms with Crippen LogP contribution < -0.4 is 10.9 Å². The van der Waals surface area contributed by atoms with Gasteiger partial charge in [0, 0.05) is 30.3 Å². The van der Waals surface area contributed by atoms with Crippen LogP contribution in [0.25, 0.3) is 11.3 Å². The minimum Gasteiger partial charge on any atom is -0.351 e. The van der Waals surface area contributed by atoms with Crippen LogP contribution in [0.3, 0.4) is 0 Å². The molecule has 1 atom stereocenters. The molecule has 0 saturated heterocycles. The Bertz CT molecular complexity index is 922. The molecule has 0 radical (unpaired) electrons. The van der Waals surface area contributed by atoms with E-state index in [-0.39, 0.29) is 29.3 Å². The van der Waals surface area contributed by atoms with Crippen molar-refractivity contribution in [1.82, 2.24) is 24.9 Å². The summed E-state index contributed by atoms with van der Waals surface area (Å²) in [6.45, 7) is 8.43. The van der Waals surface area contributed by atoms with E-state index in [1.807, 2.05) is 25.6 Å². The summed E-state index contributed by atoms with van der Waals surface area (Å²) in [5, 5.41) is 12.3. The highest BCUT2D eigenvalue weighted by atomic mass is 16.2. The Labute approximate surface area is 172 Å². The highest BCUT2D eigenvalue weighted by molar-refractivity contribution is 5.79. The Balaban J connectivity index is 1.82. The second kappa shape index (κ2) is 8.93. The van der Waals surface area contributed by atoms with Gasteiger partial charge in [-0.05, 0) is 38.7 Å². The lowest BCUT2D eigenvalue weighted by molar-refractivity contribution is -0.127. The van der Waals surface area contributed by atoms with Crippen LogP contribution in [0, 0.1) is 25.7 Å². The molecule has 1 fully saturated rings. The van der Waals surface area contributed by atoms with Crippen LogP contribution in [0.15, 0.2) is 16.9 Å². The first-order valence-corrected chi connectivity index (χ1v) is 10.7. The van der Waals surface area contributed by atoms with Gasteiger partial charge in [-0.3, -0.25) is 14.3 Å². The smallest absolute Gasteiger partial charge is 0.266 e. The van der Waals surface area contributed by atoms with Gasteiger partial charge < -0.3 is 5.32 Å². The van der Waals surface area contributed by atoms with Crippen LogP contribution in [0.1, 0.15) is 57.3 Å². The SMILES string of the molecule is Cc1nn(C)c(C)c1-c1ccc(=O)n(C[C@H](NC(=O)C2CCCCC2)C(C)C)n1. The van der Waals surface area contributed by atoms with E-state index in [4.69, 9.17) is 0 Å². The summed E-state index contributed by atoms with van der Waals surface area (Å²) in [6.07, 6.45) is 5.39. The Morgan fingerprint density at radius 2 is 1.86 bits per heavy atom. The second-order valence-electron chi connectivity index (χ2n) is 8.60. The Kier molecular flexibility index (Phi) is 6.55. The molecule has 0 spiro atoms. The topological polar surface area (TPSA) is 81.8 Å². The molecule has 7 nitrogen and oxygen atoms in total. The van der Waals surface area contributed by atoms with Gasteiger partial charge >= 0.3 is 0 Å². The van der Waals surface area contributed by atoms with Crippen molar-refractivity contribution in [2.45, 2.75) is 72.4 Å². The van der Waals surface area contributed by atoms with Crippen LogP contribution in [0.4, 0.5) is 0 Å². The van der Waals surface area contributed by atoms with E-state index in [1.54, 1.807) is 12.1 Å². The summed E-state index contributed by atoms with van der Waals surface area (Å²) in [7, 11) is 1.90. The third kappa shape index (κ3) is 4.77. The van der Waals surface area contributed by atoms with Crippen LogP contribution in [0.5, 0.6) is 0 Å². The van der Waals surface area contributed by atoms with E-state index in [1.165, 1.54) is 11.1 Å². The molecule has 2 aromatic heterocycles. The number of amides is 1. The van der Waals surface area contributed by atoms with Crippen molar-refractivity contribution in [1.29, 1.82) is 0 Å². The Morgan fingerprint density at radius 1 is 1.17 bits per heavy atom. The molecule has 1 aliphatic rings. The highest BCUT2D eigenvalue weighted by Crippen LogP contribution is 2.25. The monoisotopic (exact) mass is 399 g/mol. The second-order valence-corrected chi connectivity index (χ2v) is 8.60. The number of aromatic nitrogens is 4. The quantitative estimate of drug-likeness (QED) is 0.810. The van der Waals surface area contributed by atoms with Crippen molar-refractivity contribution >= 4 is 5.91 Å². The lowest BCUT2D eigenvalue weighted by Gasteiger charge is -2.27. The first kappa shape index (κ1) is 21.3. The molecule has 0 aromatic carbocycles. The van der Waals surface area contributed by atoms with Gasteiger partial charge in [0.2, 0.25) is 5.91 Å². The molecular formula is C22H33N5O2. The number of carbonyl (C=O) groups is 1. The van der Waals surface area contributed by atoms with Crippen LogP contribution in [-0.2, 0) is 18.4 Å². The van der Waals surface area contributed by atoms with E-state index in [0.717, 1.165) is 48.3 Å². The molecular weight excluding hydrogens is 366 g/mol. The summed E-state index contributed by atoms with van der Waals surface area (Å²) in [5.41, 5.74) is 3.41. The number of nitrogens with zero attached hydrogens (tertiary/aromatic N) is 4. The van der Waals surface area contributed by atoms with Crippen LogP contribution in [0.2, 0.25) is 0 Å². The molecule has 0 unspecified atom stereocenters. The van der Waals surface area contributed by atoms with Gasteiger partial charge in [-0.15, -0.1) is 0 Å². The van der Waals surface area contributed by atoms with Gasteiger partial charge in [0.1, 0.15) is 0 Å². The van der Waals surface area contributed by atoms with Gasteiger partial charge in [-0.1, -0.05) is 33.1 Å². The summed E-state index contributed by atoms with van der Waals surface area (Å²) < 4.78 is 3.30. The Hall–Kier alpha value is -2.44. The predicted octanol–water partition coefficient (Wildman–Crippen LogP) is 2.98. The molecule has 1 amide bonds. The molecule has 0 aliphatic heterocycles. The van der Waals surface area contributed by atoms with Gasteiger partial charge in [0.05, 0.1) is 24.0 Å². The van der Waals surface area contributed by atoms with E-state index in [9.17, 15) is 9.59 Å². The van der Waals surface area contributed by atoms with Crippen molar-refractivity contribution in [3.8, 4) is 11.3 Å². The largest absolute Gasteiger partial charge is 0.351 e. The molecule has 29 heavy (non-hydrogen) atoms. The standard InChI is InChI=1S/C22H33N5O2/c1-14(2)19(23-22(29)17-9-7-6-8-10-17)13-27-20(28)12-11-18(25-27)21-15(3)24-26(5)16(21)4/h11-12,14,17,19H,6-10,13H2,1-5H3,(H,23,29)/t19-/m0/s1. The van der Waals surface area contributed by atoms with Crippen molar-refractivity contribution < 1.29 is 4.79 Å².